The first-order valence-electron chi connectivity index (χ1n) is 9.63. The van der Waals surface area contributed by atoms with E-state index in [1.807, 2.05) is 67.6 Å². The van der Waals surface area contributed by atoms with Crippen molar-refractivity contribution in [2.24, 2.45) is 0 Å². The number of nitrogens with two attached hydrogens (primary N) is 1. The van der Waals surface area contributed by atoms with Crippen molar-refractivity contribution >= 4 is 35.0 Å². The molecule has 0 saturated heterocycles. The van der Waals surface area contributed by atoms with E-state index >= 15 is 0 Å². The zero-order chi connectivity index (χ0) is 20.2. The van der Waals surface area contributed by atoms with Gasteiger partial charge < -0.3 is 11.1 Å². The van der Waals surface area contributed by atoms with Crippen LogP contribution in [0.25, 0.3) is 22.0 Å². The normalized spacial score (nSPS) is 10.4. The maximum Gasteiger partial charge on any atom is 0.270 e. The summed E-state index contributed by atoms with van der Waals surface area (Å²) < 4.78 is 0. The number of anilines is 1. The molecule has 0 bridgehead atoms. The molecule has 0 fully saturated rings. The van der Waals surface area contributed by atoms with E-state index in [9.17, 15) is 4.79 Å². The van der Waals surface area contributed by atoms with Crippen LogP contribution in [0.2, 0.25) is 0 Å². The third-order valence-corrected chi connectivity index (χ3v) is 4.87. The Kier molecular flexibility index (Phi) is 6.65. The predicted molar refractivity (Wildman–Crippen MR) is 124 cm³/mol. The van der Waals surface area contributed by atoms with Crippen molar-refractivity contribution in [2.75, 3.05) is 5.73 Å². The Morgan fingerprint density at radius 1 is 0.900 bits per heavy atom. The summed E-state index contributed by atoms with van der Waals surface area (Å²) in [6.07, 6.45) is 0.758. The Labute approximate surface area is 181 Å². The average Bonchev–Trinajstić information content (AvgIpc) is 2.77. The van der Waals surface area contributed by atoms with Gasteiger partial charge in [0.1, 0.15) is 11.5 Å². The Morgan fingerprint density at radius 2 is 1.70 bits per heavy atom. The summed E-state index contributed by atoms with van der Waals surface area (Å²) in [7, 11) is 0. The number of aromatic nitrogens is 2. The number of hydrogen-bond donors (Lipinski definition) is 2. The fourth-order valence-electron chi connectivity index (χ4n) is 3.39. The second-order valence-corrected chi connectivity index (χ2v) is 6.83. The Balaban J connectivity index is 0.00000256. The quantitative estimate of drug-likeness (QED) is 0.488. The molecule has 4 rings (SSSR count). The molecule has 5 nitrogen and oxygen atoms in total. The Hall–Kier alpha value is -3.44. The highest BCUT2D eigenvalue weighted by Crippen LogP contribution is 2.30. The second-order valence-electron chi connectivity index (χ2n) is 6.83. The maximum atomic E-state index is 12.7. The van der Waals surface area contributed by atoms with Crippen molar-refractivity contribution in [2.45, 2.75) is 19.9 Å². The van der Waals surface area contributed by atoms with Gasteiger partial charge in [-0.3, -0.25) is 4.79 Å². The Bertz CT molecular complexity index is 1180. The summed E-state index contributed by atoms with van der Waals surface area (Å²) in [6, 6.07) is 23.3. The van der Waals surface area contributed by atoms with Gasteiger partial charge in [0.2, 0.25) is 0 Å². The van der Waals surface area contributed by atoms with Crippen molar-refractivity contribution < 1.29 is 4.79 Å². The van der Waals surface area contributed by atoms with Crippen LogP contribution >= 0.6 is 12.4 Å². The van der Waals surface area contributed by atoms with Crippen molar-refractivity contribution in [3.05, 3.63) is 89.7 Å². The van der Waals surface area contributed by atoms with Crippen molar-refractivity contribution in [3.8, 4) is 11.1 Å². The number of para-hydroxylation sites is 1. The van der Waals surface area contributed by atoms with Gasteiger partial charge in [-0.15, -0.1) is 12.4 Å². The lowest BCUT2D eigenvalue weighted by atomic mass is 9.99. The first kappa shape index (κ1) is 21.3. The summed E-state index contributed by atoms with van der Waals surface area (Å²) in [5.41, 5.74) is 10.9. The van der Waals surface area contributed by atoms with E-state index in [2.05, 4.69) is 10.3 Å². The van der Waals surface area contributed by atoms with Gasteiger partial charge in [0, 0.05) is 23.1 Å². The van der Waals surface area contributed by atoms with Crippen LogP contribution in [0.1, 0.15) is 28.7 Å². The van der Waals surface area contributed by atoms with Crippen LogP contribution in [0.15, 0.2) is 72.8 Å². The lowest BCUT2D eigenvalue weighted by Crippen LogP contribution is -2.23. The summed E-state index contributed by atoms with van der Waals surface area (Å²) in [5.74, 6) is 0.302. The highest BCUT2D eigenvalue weighted by atomic mass is 35.5. The molecule has 6 heteroatoms. The van der Waals surface area contributed by atoms with E-state index in [1.165, 1.54) is 0 Å². The van der Waals surface area contributed by atoms with Gasteiger partial charge in [-0.25, -0.2) is 9.97 Å². The molecule has 4 aromatic rings. The molecule has 0 aliphatic rings. The molecule has 0 radical (unpaired) electrons. The van der Waals surface area contributed by atoms with Crippen LogP contribution in [-0.2, 0) is 13.0 Å². The van der Waals surface area contributed by atoms with Crippen LogP contribution in [0.3, 0.4) is 0 Å². The summed E-state index contributed by atoms with van der Waals surface area (Å²) in [6.45, 7) is 2.51. The average molecular weight is 419 g/mol. The molecule has 2 aromatic carbocycles. The molecular formula is C24H23ClN4O. The van der Waals surface area contributed by atoms with Crippen molar-refractivity contribution in [1.82, 2.24) is 15.3 Å². The molecule has 30 heavy (non-hydrogen) atoms. The minimum absolute atomic E-state index is 0. The van der Waals surface area contributed by atoms with Crippen LogP contribution in [-0.4, -0.2) is 15.9 Å². The van der Waals surface area contributed by atoms with Crippen LogP contribution in [0.4, 0.5) is 5.82 Å². The first-order chi connectivity index (χ1) is 14.2. The van der Waals surface area contributed by atoms with Gasteiger partial charge in [-0.2, -0.15) is 0 Å². The number of fused-ring (bicyclic) bond motifs is 1. The third kappa shape index (κ3) is 4.42. The fraction of sp³-hybridized carbons (Fsp3) is 0.125. The molecule has 3 N–H and O–H groups in total. The van der Waals surface area contributed by atoms with E-state index in [1.54, 1.807) is 12.1 Å². The van der Waals surface area contributed by atoms with E-state index in [-0.39, 0.29) is 18.3 Å². The molecule has 0 aliphatic heterocycles. The summed E-state index contributed by atoms with van der Waals surface area (Å²) in [5, 5.41) is 3.91. The van der Waals surface area contributed by atoms with E-state index in [0.717, 1.165) is 39.7 Å². The lowest BCUT2D eigenvalue weighted by molar-refractivity contribution is 0.0946. The molecule has 0 spiro atoms. The van der Waals surface area contributed by atoms with Gasteiger partial charge in [-0.1, -0.05) is 61.5 Å². The zero-order valence-electron chi connectivity index (χ0n) is 16.6. The number of hydrogen-bond acceptors (Lipinski definition) is 4. The fourth-order valence-corrected chi connectivity index (χ4v) is 3.39. The maximum absolute atomic E-state index is 12.7. The number of aryl methyl sites for hydroxylation is 1. The van der Waals surface area contributed by atoms with E-state index in [4.69, 9.17) is 10.7 Å². The number of rotatable bonds is 5. The molecule has 152 valence electrons. The van der Waals surface area contributed by atoms with Gasteiger partial charge in [-0.05, 0) is 30.2 Å². The summed E-state index contributed by atoms with van der Waals surface area (Å²) in [4.78, 5) is 21.8. The van der Waals surface area contributed by atoms with Crippen molar-refractivity contribution in [3.63, 3.8) is 0 Å². The highest BCUT2D eigenvalue weighted by Gasteiger charge is 2.13. The second kappa shape index (κ2) is 9.37. The third-order valence-electron chi connectivity index (χ3n) is 4.87. The number of amides is 1. The van der Waals surface area contributed by atoms with E-state index in [0.29, 0.717) is 18.1 Å². The van der Waals surface area contributed by atoms with Gasteiger partial charge in [0.15, 0.2) is 0 Å². The first-order valence-corrected chi connectivity index (χ1v) is 9.63. The standard InChI is InChI=1S/C24H22N4O.ClH/c1-2-20-18(12-14-22(25)27-20)19-10-6-9-17-11-13-21(28-23(17)19)24(29)26-15-16-7-4-3-5-8-16;/h3-14H,2,15H2,1H3,(H2,25,27)(H,26,29);1H. The minimum Gasteiger partial charge on any atom is -0.384 e. The molecule has 2 heterocycles. The summed E-state index contributed by atoms with van der Waals surface area (Å²) >= 11 is 0. The molecule has 2 aromatic heterocycles. The Morgan fingerprint density at radius 3 is 2.47 bits per heavy atom. The number of carbonyl (C=O) groups is 1. The zero-order valence-corrected chi connectivity index (χ0v) is 17.4. The SMILES string of the molecule is CCc1nc(N)ccc1-c1cccc2ccc(C(=O)NCc3ccccc3)nc12.Cl. The molecule has 0 atom stereocenters. The highest BCUT2D eigenvalue weighted by molar-refractivity contribution is 5.99. The van der Waals surface area contributed by atoms with Crippen LogP contribution in [0, 0.1) is 0 Å². The van der Waals surface area contributed by atoms with Gasteiger partial charge in [0.05, 0.1) is 11.2 Å². The van der Waals surface area contributed by atoms with Crippen LogP contribution in [0.5, 0.6) is 0 Å². The monoisotopic (exact) mass is 418 g/mol. The molecule has 1 amide bonds. The number of halogens is 1. The predicted octanol–water partition coefficient (Wildman–Crippen LogP) is 4.79. The number of carbonyl (C=O) groups excluding carboxylic acids is 1. The number of pyridine rings is 2. The topological polar surface area (TPSA) is 80.9 Å². The smallest absolute Gasteiger partial charge is 0.270 e. The van der Waals surface area contributed by atoms with E-state index < -0.39 is 0 Å². The molecule has 0 aliphatic carbocycles. The molecule has 0 saturated carbocycles. The van der Waals surface area contributed by atoms with Crippen molar-refractivity contribution in [1.29, 1.82) is 0 Å². The number of benzene rings is 2. The molecular weight excluding hydrogens is 396 g/mol. The lowest BCUT2D eigenvalue weighted by Gasteiger charge is -2.12. The minimum atomic E-state index is -0.197. The largest absolute Gasteiger partial charge is 0.384 e. The van der Waals surface area contributed by atoms with Gasteiger partial charge >= 0.3 is 0 Å². The number of nitrogen functional groups attached to an aromatic ring is 1. The number of nitrogens with zero attached hydrogens (tertiary/aromatic N) is 2. The molecule has 0 unspecified atom stereocenters. The van der Waals surface area contributed by atoms with Gasteiger partial charge in [0.25, 0.3) is 5.91 Å². The van der Waals surface area contributed by atoms with Crippen LogP contribution < -0.4 is 11.1 Å². The number of nitrogens with one attached hydrogen (secondary N) is 1.